The van der Waals surface area contributed by atoms with Gasteiger partial charge < -0.3 is 19.5 Å². The molecule has 0 atom stereocenters. The van der Waals surface area contributed by atoms with Crippen LogP contribution in [0.5, 0.6) is 0 Å². The van der Waals surface area contributed by atoms with E-state index in [2.05, 4.69) is 145 Å². The van der Waals surface area contributed by atoms with Crippen molar-refractivity contribution in [2.75, 3.05) is 16.8 Å². The monoisotopic (exact) mass is 564 g/mol. The normalized spacial score (nSPS) is 20.1. The summed E-state index contributed by atoms with van der Waals surface area (Å²) in [5.41, 5.74) is 7.01. The lowest BCUT2D eigenvalue weighted by atomic mass is 9.42. The maximum atomic E-state index is 6.32. The summed E-state index contributed by atoms with van der Waals surface area (Å²) in [4.78, 5) is 2.34. The molecule has 0 radical (unpaired) electrons. The molecule has 3 aromatic carbocycles. The summed E-state index contributed by atoms with van der Waals surface area (Å²) >= 11 is 0. The third-order valence-electron chi connectivity index (χ3n) is 10.6. The molecule has 2 fully saturated rings. The molecule has 4 nitrogen and oxygen atoms in total. The van der Waals surface area contributed by atoms with Crippen molar-refractivity contribution in [2.45, 2.75) is 99.0 Å². The Bertz CT molecular complexity index is 1240. The summed E-state index contributed by atoms with van der Waals surface area (Å²) in [6.45, 7) is 21.9. The highest BCUT2D eigenvalue weighted by Gasteiger charge is 2.51. The average Bonchev–Trinajstić information content (AvgIpc) is 3.30. The van der Waals surface area contributed by atoms with Crippen LogP contribution in [0.4, 0.5) is 22.7 Å². The van der Waals surface area contributed by atoms with Crippen LogP contribution in [0.15, 0.2) is 72.8 Å². The van der Waals surface area contributed by atoms with E-state index in [1.165, 1.54) is 30.9 Å². The van der Waals surface area contributed by atoms with Gasteiger partial charge in [0, 0.05) is 29.3 Å². The lowest BCUT2D eigenvalue weighted by Crippen LogP contribution is -2.41. The second kappa shape index (κ2) is 11.4. The first-order valence-corrected chi connectivity index (χ1v) is 15.9. The smallest absolute Gasteiger partial charge is 0.399 e. The Kier molecular flexibility index (Phi) is 8.37. The predicted octanol–water partition coefficient (Wildman–Crippen LogP) is 8.44. The van der Waals surface area contributed by atoms with Crippen LogP contribution in [0, 0.1) is 10.8 Å². The number of nitrogens with zero attached hydrogens (tertiary/aromatic N) is 1. The van der Waals surface area contributed by atoms with E-state index in [0.29, 0.717) is 17.5 Å². The van der Waals surface area contributed by atoms with Crippen molar-refractivity contribution < 1.29 is 9.31 Å². The topological polar surface area (TPSA) is 33.7 Å². The van der Waals surface area contributed by atoms with Gasteiger partial charge in [-0.15, -0.1) is 0 Å². The van der Waals surface area contributed by atoms with E-state index in [1.807, 2.05) is 0 Å². The lowest BCUT2D eigenvalue weighted by molar-refractivity contribution is 0.00578. The predicted molar refractivity (Wildman–Crippen MR) is 183 cm³/mol. The number of hydrogen-bond donors (Lipinski definition) is 1. The molecule has 0 aliphatic carbocycles. The molecule has 0 unspecified atom stereocenters. The molecule has 0 spiro atoms. The van der Waals surface area contributed by atoms with Crippen LogP contribution in [-0.4, -0.2) is 31.6 Å². The van der Waals surface area contributed by atoms with Gasteiger partial charge in [-0.2, -0.15) is 0 Å². The fraction of sp³-hybridized carbons (Fsp3) is 0.500. The molecule has 1 N–H and O–H groups in total. The Morgan fingerprint density at radius 3 is 1.52 bits per heavy atom. The first-order valence-electron chi connectivity index (χ1n) is 15.9. The number of hydrogen-bond acceptors (Lipinski definition) is 4. The summed E-state index contributed by atoms with van der Waals surface area (Å²) in [5, 5.41) is 3.55. The van der Waals surface area contributed by atoms with Gasteiger partial charge in [-0.1, -0.05) is 83.4 Å². The number of rotatable bonds is 9. The number of anilines is 4. The first kappa shape index (κ1) is 30.8. The standard InChI is InChI=1S/C36H50B2N2O2/c1-10-11-24-39-29-16-22-32(23-17-29)40(30-18-12-27(13-19-30)37-25-33(2,3)34(4,5)26-37)31-20-14-28(15-21-31)38-41-35(6,7)36(8,9)42-38/h12-23,39H,10-11,24-26H2,1-9H3. The molecule has 6 heteroatoms. The minimum absolute atomic E-state index is 0.341. The first-order chi connectivity index (χ1) is 19.7. The highest BCUT2D eigenvalue weighted by molar-refractivity contribution is 6.74. The third kappa shape index (κ3) is 6.03. The number of nitrogens with one attached hydrogen (secondary N) is 1. The Morgan fingerprint density at radius 2 is 1.07 bits per heavy atom. The summed E-state index contributed by atoms with van der Waals surface area (Å²) in [7, 11) is -0.370. The van der Waals surface area contributed by atoms with Crippen molar-refractivity contribution >= 4 is 47.5 Å². The van der Waals surface area contributed by atoms with Crippen LogP contribution in [0.3, 0.4) is 0 Å². The van der Waals surface area contributed by atoms with E-state index in [4.69, 9.17) is 9.31 Å². The lowest BCUT2D eigenvalue weighted by Gasteiger charge is -2.35. The molecule has 2 aliphatic heterocycles. The molecule has 0 amide bonds. The zero-order valence-electron chi connectivity index (χ0n) is 27.4. The van der Waals surface area contributed by atoms with Crippen LogP contribution in [0.1, 0.15) is 75.2 Å². The molecule has 0 aromatic heterocycles. The van der Waals surface area contributed by atoms with Crippen molar-refractivity contribution in [1.29, 1.82) is 0 Å². The van der Waals surface area contributed by atoms with Crippen LogP contribution in [0.2, 0.25) is 12.6 Å². The summed E-state index contributed by atoms with van der Waals surface area (Å²) in [6.07, 6.45) is 4.82. The van der Waals surface area contributed by atoms with Crippen molar-refractivity contribution in [2.24, 2.45) is 10.8 Å². The third-order valence-corrected chi connectivity index (χ3v) is 10.6. The quantitative estimate of drug-likeness (QED) is 0.209. The summed E-state index contributed by atoms with van der Waals surface area (Å²) in [6, 6.07) is 26.7. The maximum Gasteiger partial charge on any atom is 0.494 e. The van der Waals surface area contributed by atoms with Gasteiger partial charge in [0.05, 0.1) is 11.2 Å². The molecule has 0 saturated carbocycles. The van der Waals surface area contributed by atoms with Gasteiger partial charge in [-0.3, -0.25) is 0 Å². The fourth-order valence-electron chi connectivity index (χ4n) is 6.33. The zero-order chi connectivity index (χ0) is 30.3. The zero-order valence-corrected chi connectivity index (χ0v) is 27.4. The van der Waals surface area contributed by atoms with E-state index < -0.39 is 0 Å². The molecule has 2 saturated heterocycles. The molecule has 5 rings (SSSR count). The highest BCUT2D eigenvalue weighted by Crippen LogP contribution is 2.52. The van der Waals surface area contributed by atoms with E-state index in [9.17, 15) is 0 Å². The van der Waals surface area contributed by atoms with Gasteiger partial charge in [0.25, 0.3) is 0 Å². The largest absolute Gasteiger partial charge is 0.494 e. The van der Waals surface area contributed by atoms with E-state index >= 15 is 0 Å². The SMILES string of the molecule is CCCCNc1ccc(N(c2ccc(B3CC(C)(C)C(C)(C)C3)cc2)c2ccc(B3OC(C)(C)C(C)(C)O3)cc2)cc1. The van der Waals surface area contributed by atoms with Gasteiger partial charge in [0.1, 0.15) is 0 Å². The average molecular weight is 564 g/mol. The maximum absolute atomic E-state index is 6.32. The molecule has 3 aromatic rings. The van der Waals surface area contributed by atoms with Crippen LogP contribution < -0.4 is 21.1 Å². The minimum atomic E-state index is -0.370. The van der Waals surface area contributed by atoms with Crippen LogP contribution in [0.25, 0.3) is 0 Å². The van der Waals surface area contributed by atoms with E-state index in [1.54, 1.807) is 0 Å². The van der Waals surface area contributed by atoms with Gasteiger partial charge in [0.2, 0.25) is 0 Å². The molecular formula is C36H50B2N2O2. The van der Waals surface area contributed by atoms with E-state index in [0.717, 1.165) is 34.8 Å². The molecule has 2 aliphatic rings. The van der Waals surface area contributed by atoms with Crippen molar-refractivity contribution in [1.82, 2.24) is 0 Å². The Morgan fingerprint density at radius 1 is 0.643 bits per heavy atom. The van der Waals surface area contributed by atoms with Crippen molar-refractivity contribution in [3.05, 3.63) is 72.8 Å². The van der Waals surface area contributed by atoms with E-state index in [-0.39, 0.29) is 18.3 Å². The van der Waals surface area contributed by atoms with Gasteiger partial charge in [-0.05, 0) is 98.9 Å². The fourth-order valence-corrected chi connectivity index (χ4v) is 6.33. The highest BCUT2D eigenvalue weighted by atomic mass is 16.7. The second-order valence-electron chi connectivity index (χ2n) is 14.8. The number of benzene rings is 3. The molecule has 0 bridgehead atoms. The van der Waals surface area contributed by atoms with Gasteiger partial charge in [-0.25, -0.2) is 0 Å². The minimum Gasteiger partial charge on any atom is -0.399 e. The van der Waals surface area contributed by atoms with Crippen molar-refractivity contribution in [3.8, 4) is 0 Å². The Balaban J connectivity index is 1.43. The summed E-state index contributed by atoms with van der Waals surface area (Å²) in [5.74, 6) is 0. The van der Waals surface area contributed by atoms with Gasteiger partial charge in [0.15, 0.2) is 6.71 Å². The van der Waals surface area contributed by atoms with Crippen LogP contribution >= 0.6 is 0 Å². The second-order valence-corrected chi connectivity index (χ2v) is 14.8. The Hall–Kier alpha value is -2.69. The van der Waals surface area contributed by atoms with Crippen molar-refractivity contribution in [3.63, 3.8) is 0 Å². The molecule has 222 valence electrons. The van der Waals surface area contributed by atoms with Crippen LogP contribution in [-0.2, 0) is 9.31 Å². The van der Waals surface area contributed by atoms with Gasteiger partial charge >= 0.3 is 7.12 Å². The Labute approximate surface area is 255 Å². The summed E-state index contributed by atoms with van der Waals surface area (Å²) < 4.78 is 12.6. The number of unbranched alkanes of at least 4 members (excludes halogenated alkanes) is 1. The molecule has 42 heavy (non-hydrogen) atoms. The molecular weight excluding hydrogens is 514 g/mol. The molecule has 2 heterocycles.